The molecule has 26 heavy (non-hydrogen) atoms. The Kier molecular flexibility index (Phi) is 6.00. The molecule has 9 heteroatoms. The number of piperidine rings is 1. The molecule has 1 aliphatic heterocycles. The van der Waals surface area contributed by atoms with Gasteiger partial charge in [-0.05, 0) is 73.2 Å². The maximum Gasteiger partial charge on any atom is 0.310 e. The zero-order chi connectivity index (χ0) is 18.5. The molecular formula is C17H23N5O3S. The molecule has 1 aromatic heterocycles. The number of carbonyl (C=O) groups is 1. The van der Waals surface area contributed by atoms with Crippen LogP contribution in [-0.2, 0) is 16.2 Å². The van der Waals surface area contributed by atoms with Gasteiger partial charge in [0.05, 0.1) is 32.0 Å². The van der Waals surface area contributed by atoms with Crippen molar-refractivity contribution in [2.45, 2.75) is 26.4 Å². The SMILES string of the molecule is CCOC(=O)C1CCCN(Cn2nnn(-c3ccc(OC)cc3)c2=S)C1. The van der Waals surface area contributed by atoms with Crippen LogP contribution in [0.2, 0.25) is 0 Å². The highest BCUT2D eigenvalue weighted by atomic mass is 32.1. The lowest BCUT2D eigenvalue weighted by molar-refractivity contribution is -0.150. The molecule has 0 amide bonds. The number of rotatable bonds is 6. The predicted molar refractivity (Wildman–Crippen MR) is 97.7 cm³/mol. The topological polar surface area (TPSA) is 74.4 Å². The van der Waals surface area contributed by atoms with Crippen molar-refractivity contribution in [3.63, 3.8) is 0 Å². The molecule has 3 rings (SSSR count). The molecule has 0 bridgehead atoms. The molecular weight excluding hydrogens is 354 g/mol. The fraction of sp³-hybridized carbons (Fsp3) is 0.529. The number of tetrazole rings is 1. The molecule has 140 valence electrons. The van der Waals surface area contributed by atoms with Crippen molar-refractivity contribution in [1.82, 2.24) is 24.7 Å². The van der Waals surface area contributed by atoms with Crippen LogP contribution in [0.4, 0.5) is 0 Å². The number of methoxy groups -OCH3 is 1. The zero-order valence-corrected chi connectivity index (χ0v) is 15.8. The second-order valence-corrected chi connectivity index (χ2v) is 6.55. The Morgan fingerprint density at radius 2 is 2.08 bits per heavy atom. The van der Waals surface area contributed by atoms with E-state index in [4.69, 9.17) is 21.7 Å². The van der Waals surface area contributed by atoms with Crippen molar-refractivity contribution < 1.29 is 14.3 Å². The largest absolute Gasteiger partial charge is 0.497 e. The van der Waals surface area contributed by atoms with Gasteiger partial charge in [-0.2, -0.15) is 4.68 Å². The molecule has 1 atom stereocenters. The third kappa shape index (κ3) is 4.10. The highest BCUT2D eigenvalue weighted by Crippen LogP contribution is 2.19. The third-order valence-corrected chi connectivity index (χ3v) is 4.80. The van der Waals surface area contributed by atoms with Gasteiger partial charge in [0.2, 0.25) is 4.77 Å². The van der Waals surface area contributed by atoms with Crippen LogP contribution in [0.1, 0.15) is 19.8 Å². The summed E-state index contributed by atoms with van der Waals surface area (Å²) in [7, 11) is 1.62. The van der Waals surface area contributed by atoms with Crippen molar-refractivity contribution in [2.75, 3.05) is 26.8 Å². The number of nitrogens with zero attached hydrogens (tertiary/aromatic N) is 5. The van der Waals surface area contributed by atoms with Crippen molar-refractivity contribution in [2.24, 2.45) is 5.92 Å². The van der Waals surface area contributed by atoms with Crippen LogP contribution in [0.25, 0.3) is 5.69 Å². The number of hydrogen-bond donors (Lipinski definition) is 0. The standard InChI is InChI=1S/C17H23N5O3S/c1-3-25-16(23)13-5-4-10-20(11-13)12-21-17(26)22(19-18-21)14-6-8-15(24-2)9-7-14/h6-9,13H,3-5,10-12H2,1-2H3. The summed E-state index contributed by atoms with van der Waals surface area (Å²) in [5.41, 5.74) is 0.824. The van der Waals surface area contributed by atoms with E-state index in [1.807, 2.05) is 31.2 Å². The van der Waals surface area contributed by atoms with Gasteiger partial charge in [-0.3, -0.25) is 9.69 Å². The van der Waals surface area contributed by atoms with E-state index < -0.39 is 0 Å². The first-order valence-corrected chi connectivity index (χ1v) is 9.09. The first-order chi connectivity index (χ1) is 12.6. The number of benzene rings is 1. The summed E-state index contributed by atoms with van der Waals surface area (Å²) < 4.78 is 14.1. The molecule has 1 aliphatic rings. The van der Waals surface area contributed by atoms with Crippen LogP contribution in [0, 0.1) is 10.7 Å². The van der Waals surface area contributed by atoms with E-state index >= 15 is 0 Å². The number of carbonyl (C=O) groups excluding carboxylic acids is 1. The summed E-state index contributed by atoms with van der Waals surface area (Å²) in [5.74, 6) is 0.558. The predicted octanol–water partition coefficient (Wildman–Crippen LogP) is 2.04. The molecule has 2 aromatic rings. The van der Waals surface area contributed by atoms with Crippen LogP contribution in [0.5, 0.6) is 5.75 Å². The van der Waals surface area contributed by atoms with Gasteiger partial charge in [0, 0.05) is 6.54 Å². The van der Waals surface area contributed by atoms with Crippen molar-refractivity contribution in [1.29, 1.82) is 0 Å². The Bertz CT molecular complexity index is 801. The molecule has 0 N–H and O–H groups in total. The molecule has 1 fully saturated rings. The first-order valence-electron chi connectivity index (χ1n) is 8.68. The average molecular weight is 377 g/mol. The van der Waals surface area contributed by atoms with E-state index in [9.17, 15) is 4.79 Å². The molecule has 8 nitrogen and oxygen atoms in total. The minimum atomic E-state index is -0.123. The molecule has 0 radical (unpaired) electrons. The van der Waals surface area contributed by atoms with Crippen LogP contribution < -0.4 is 4.74 Å². The number of ether oxygens (including phenoxy) is 2. The monoisotopic (exact) mass is 377 g/mol. The summed E-state index contributed by atoms with van der Waals surface area (Å²) in [6.45, 7) is 4.29. The normalized spacial score (nSPS) is 17.8. The Morgan fingerprint density at radius 3 is 2.77 bits per heavy atom. The Balaban J connectivity index is 1.69. The average Bonchev–Trinajstić information content (AvgIpc) is 3.03. The smallest absolute Gasteiger partial charge is 0.310 e. The van der Waals surface area contributed by atoms with Gasteiger partial charge in [-0.1, -0.05) is 0 Å². The number of likely N-dealkylation sites (tertiary alicyclic amines) is 1. The van der Waals surface area contributed by atoms with Crippen molar-refractivity contribution in [3.8, 4) is 11.4 Å². The van der Waals surface area contributed by atoms with Gasteiger partial charge in [-0.15, -0.1) is 0 Å². The Labute approximate surface area is 157 Å². The summed E-state index contributed by atoms with van der Waals surface area (Å²) in [6, 6.07) is 7.46. The number of hydrogen-bond acceptors (Lipinski definition) is 7. The summed E-state index contributed by atoms with van der Waals surface area (Å²) in [6.07, 6.45) is 1.81. The van der Waals surface area contributed by atoms with Gasteiger partial charge in [0.15, 0.2) is 0 Å². The molecule has 0 spiro atoms. The van der Waals surface area contributed by atoms with Gasteiger partial charge in [0.25, 0.3) is 0 Å². The number of aromatic nitrogens is 4. The minimum absolute atomic E-state index is 0.0884. The Morgan fingerprint density at radius 1 is 1.31 bits per heavy atom. The molecule has 0 saturated carbocycles. The second-order valence-electron chi connectivity index (χ2n) is 6.18. The summed E-state index contributed by atoms with van der Waals surface area (Å²) in [5, 5.41) is 8.33. The van der Waals surface area contributed by atoms with Gasteiger partial charge in [0.1, 0.15) is 5.75 Å². The first kappa shape index (κ1) is 18.5. The van der Waals surface area contributed by atoms with Gasteiger partial charge in [-0.25, -0.2) is 4.68 Å². The molecule has 0 aliphatic carbocycles. The maximum atomic E-state index is 12.0. The highest BCUT2D eigenvalue weighted by Gasteiger charge is 2.27. The molecule has 1 unspecified atom stereocenters. The lowest BCUT2D eigenvalue weighted by Gasteiger charge is -2.30. The quantitative estimate of drug-likeness (QED) is 0.563. The molecule has 1 aromatic carbocycles. The van der Waals surface area contributed by atoms with E-state index in [1.54, 1.807) is 16.5 Å². The van der Waals surface area contributed by atoms with Crippen LogP contribution in [0.15, 0.2) is 24.3 Å². The number of esters is 1. The molecule has 1 saturated heterocycles. The minimum Gasteiger partial charge on any atom is -0.497 e. The molecule has 2 heterocycles. The van der Waals surface area contributed by atoms with Gasteiger partial charge < -0.3 is 9.47 Å². The zero-order valence-electron chi connectivity index (χ0n) is 15.0. The van der Waals surface area contributed by atoms with Crippen LogP contribution in [0.3, 0.4) is 0 Å². The lowest BCUT2D eigenvalue weighted by Crippen LogP contribution is -2.40. The van der Waals surface area contributed by atoms with E-state index in [0.717, 1.165) is 30.8 Å². The van der Waals surface area contributed by atoms with E-state index in [0.29, 0.717) is 24.6 Å². The lowest BCUT2D eigenvalue weighted by atomic mass is 9.99. The highest BCUT2D eigenvalue weighted by molar-refractivity contribution is 7.71. The summed E-state index contributed by atoms with van der Waals surface area (Å²) >= 11 is 5.51. The van der Waals surface area contributed by atoms with Crippen molar-refractivity contribution >= 4 is 18.2 Å². The van der Waals surface area contributed by atoms with Crippen LogP contribution in [-0.4, -0.2) is 57.5 Å². The van der Waals surface area contributed by atoms with Crippen molar-refractivity contribution in [3.05, 3.63) is 29.0 Å². The fourth-order valence-electron chi connectivity index (χ4n) is 3.07. The van der Waals surface area contributed by atoms with E-state index in [1.165, 1.54) is 0 Å². The fourth-order valence-corrected chi connectivity index (χ4v) is 3.31. The maximum absolute atomic E-state index is 12.0. The van der Waals surface area contributed by atoms with Gasteiger partial charge >= 0.3 is 5.97 Å². The second kappa shape index (κ2) is 8.41. The van der Waals surface area contributed by atoms with E-state index in [-0.39, 0.29) is 11.9 Å². The Hall–Kier alpha value is -2.26. The van der Waals surface area contributed by atoms with Crippen LogP contribution >= 0.6 is 12.2 Å². The third-order valence-electron chi connectivity index (χ3n) is 4.42. The van der Waals surface area contributed by atoms with E-state index in [2.05, 4.69) is 15.3 Å². The summed E-state index contributed by atoms with van der Waals surface area (Å²) in [4.78, 5) is 14.1.